The lowest BCUT2D eigenvalue weighted by atomic mass is 10.1. The van der Waals surface area contributed by atoms with E-state index in [9.17, 15) is 9.90 Å². The highest BCUT2D eigenvalue weighted by atomic mass is 16.3. The molecule has 1 aromatic carbocycles. The Balaban J connectivity index is 1.97. The van der Waals surface area contributed by atoms with Crippen molar-refractivity contribution in [3.05, 3.63) is 34.9 Å². The number of hydrogen-bond acceptors (Lipinski definition) is 3. The Kier molecular flexibility index (Phi) is 1.90. The largest absolute Gasteiger partial charge is 0.374 e. The molecule has 1 unspecified atom stereocenters. The maximum Gasteiger partial charge on any atom is 0.150 e. The molecular formula is C12H13NO2. The van der Waals surface area contributed by atoms with Crippen LogP contribution >= 0.6 is 0 Å². The van der Waals surface area contributed by atoms with Crippen LogP contribution in [0.2, 0.25) is 0 Å². The van der Waals surface area contributed by atoms with E-state index in [1.54, 1.807) is 6.07 Å². The van der Waals surface area contributed by atoms with Crippen LogP contribution in [0, 0.1) is 0 Å². The van der Waals surface area contributed by atoms with Crippen LogP contribution < -0.4 is 0 Å². The Morgan fingerprint density at radius 3 is 2.87 bits per heavy atom. The molecule has 1 aromatic rings. The second kappa shape index (κ2) is 3.15. The Morgan fingerprint density at radius 1 is 1.40 bits per heavy atom. The zero-order valence-electron chi connectivity index (χ0n) is 8.39. The standard InChI is InChI=1S/C12H13NO2/c14-7-8-1-2-9-6-13(10-3-4-10)12(15)11(9)5-8/h1-2,5,7,10,12,15H,3-4,6H2. The molecular weight excluding hydrogens is 190 g/mol. The summed E-state index contributed by atoms with van der Waals surface area (Å²) in [6.45, 7) is 0.820. The molecule has 1 N–H and O–H groups in total. The summed E-state index contributed by atoms with van der Waals surface area (Å²) in [4.78, 5) is 12.8. The molecule has 0 aromatic heterocycles. The zero-order chi connectivity index (χ0) is 10.4. The predicted octanol–water partition coefficient (Wildman–Crippen LogP) is 1.47. The molecule has 1 heterocycles. The lowest BCUT2D eigenvalue weighted by Crippen LogP contribution is -2.23. The van der Waals surface area contributed by atoms with Crippen molar-refractivity contribution in [3.8, 4) is 0 Å². The summed E-state index contributed by atoms with van der Waals surface area (Å²) in [7, 11) is 0. The van der Waals surface area contributed by atoms with Crippen molar-refractivity contribution >= 4 is 6.29 Å². The summed E-state index contributed by atoms with van der Waals surface area (Å²) in [5.41, 5.74) is 2.71. The Bertz CT molecular complexity index is 412. The zero-order valence-corrected chi connectivity index (χ0v) is 8.39. The first kappa shape index (κ1) is 9.07. The SMILES string of the molecule is O=Cc1ccc2c(c1)C(O)N(C1CC1)C2. The van der Waals surface area contributed by atoms with Gasteiger partial charge in [0, 0.05) is 23.7 Å². The first-order chi connectivity index (χ1) is 7.29. The molecule has 0 spiro atoms. The molecule has 1 aliphatic heterocycles. The van der Waals surface area contributed by atoms with Gasteiger partial charge >= 0.3 is 0 Å². The smallest absolute Gasteiger partial charge is 0.150 e. The van der Waals surface area contributed by atoms with Gasteiger partial charge in [0.2, 0.25) is 0 Å². The van der Waals surface area contributed by atoms with Gasteiger partial charge in [0.05, 0.1) is 0 Å². The van der Waals surface area contributed by atoms with Gasteiger partial charge < -0.3 is 5.11 Å². The van der Waals surface area contributed by atoms with Gasteiger partial charge in [-0.15, -0.1) is 0 Å². The van der Waals surface area contributed by atoms with Gasteiger partial charge in [-0.1, -0.05) is 12.1 Å². The van der Waals surface area contributed by atoms with Crippen molar-refractivity contribution in [2.45, 2.75) is 31.7 Å². The first-order valence-corrected chi connectivity index (χ1v) is 5.31. The minimum atomic E-state index is -0.507. The molecule has 1 saturated carbocycles. The van der Waals surface area contributed by atoms with E-state index in [0.717, 1.165) is 24.0 Å². The topological polar surface area (TPSA) is 40.5 Å². The molecule has 2 aliphatic rings. The van der Waals surface area contributed by atoms with Crippen molar-refractivity contribution < 1.29 is 9.90 Å². The molecule has 78 valence electrons. The number of rotatable bonds is 2. The maximum atomic E-state index is 10.6. The molecule has 1 fully saturated rings. The van der Waals surface area contributed by atoms with Crippen LogP contribution in [0.25, 0.3) is 0 Å². The second-order valence-corrected chi connectivity index (χ2v) is 4.35. The molecule has 15 heavy (non-hydrogen) atoms. The number of nitrogens with zero attached hydrogens (tertiary/aromatic N) is 1. The molecule has 0 bridgehead atoms. The fraction of sp³-hybridized carbons (Fsp3) is 0.417. The van der Waals surface area contributed by atoms with Gasteiger partial charge in [-0.25, -0.2) is 0 Å². The lowest BCUT2D eigenvalue weighted by Gasteiger charge is -2.19. The van der Waals surface area contributed by atoms with E-state index < -0.39 is 6.23 Å². The average molecular weight is 203 g/mol. The monoisotopic (exact) mass is 203 g/mol. The van der Waals surface area contributed by atoms with Crippen LogP contribution in [-0.4, -0.2) is 22.3 Å². The highest BCUT2D eigenvalue weighted by Gasteiger charge is 2.38. The highest BCUT2D eigenvalue weighted by molar-refractivity contribution is 5.75. The fourth-order valence-corrected chi connectivity index (χ4v) is 2.27. The number of aldehydes is 1. The van der Waals surface area contributed by atoms with Gasteiger partial charge in [-0.05, 0) is 24.5 Å². The molecule has 0 radical (unpaired) electrons. The third-order valence-electron chi connectivity index (χ3n) is 3.27. The van der Waals surface area contributed by atoms with Crippen molar-refractivity contribution in [1.29, 1.82) is 0 Å². The van der Waals surface area contributed by atoms with Gasteiger partial charge in [0.25, 0.3) is 0 Å². The third kappa shape index (κ3) is 1.39. The Hall–Kier alpha value is -1.19. The van der Waals surface area contributed by atoms with Crippen LogP contribution in [0.1, 0.15) is 40.6 Å². The van der Waals surface area contributed by atoms with Crippen molar-refractivity contribution in [1.82, 2.24) is 4.90 Å². The molecule has 0 saturated heterocycles. The van der Waals surface area contributed by atoms with Crippen molar-refractivity contribution in [2.75, 3.05) is 0 Å². The summed E-state index contributed by atoms with van der Waals surface area (Å²) in [5.74, 6) is 0. The summed E-state index contributed by atoms with van der Waals surface area (Å²) >= 11 is 0. The number of fused-ring (bicyclic) bond motifs is 1. The lowest BCUT2D eigenvalue weighted by molar-refractivity contribution is 0.00754. The quantitative estimate of drug-likeness (QED) is 0.740. The highest BCUT2D eigenvalue weighted by Crippen LogP contribution is 2.40. The van der Waals surface area contributed by atoms with E-state index in [-0.39, 0.29) is 0 Å². The molecule has 3 heteroatoms. The van der Waals surface area contributed by atoms with Gasteiger partial charge in [-0.3, -0.25) is 9.69 Å². The summed E-state index contributed by atoms with van der Waals surface area (Å²) < 4.78 is 0. The second-order valence-electron chi connectivity index (χ2n) is 4.35. The molecule has 1 atom stereocenters. The van der Waals surface area contributed by atoms with E-state index in [1.807, 2.05) is 12.1 Å². The summed E-state index contributed by atoms with van der Waals surface area (Å²) in [6.07, 6.45) is 2.69. The van der Waals surface area contributed by atoms with Crippen LogP contribution in [0.5, 0.6) is 0 Å². The maximum absolute atomic E-state index is 10.6. The fourth-order valence-electron chi connectivity index (χ4n) is 2.27. The van der Waals surface area contributed by atoms with Gasteiger partial charge in [-0.2, -0.15) is 0 Å². The van der Waals surface area contributed by atoms with Crippen LogP contribution in [-0.2, 0) is 6.54 Å². The van der Waals surface area contributed by atoms with E-state index >= 15 is 0 Å². The first-order valence-electron chi connectivity index (χ1n) is 5.31. The summed E-state index contributed by atoms with van der Waals surface area (Å²) in [6, 6.07) is 6.11. The third-order valence-corrected chi connectivity index (χ3v) is 3.27. The number of aliphatic hydroxyl groups is 1. The minimum Gasteiger partial charge on any atom is -0.374 e. The number of carbonyl (C=O) groups is 1. The minimum absolute atomic E-state index is 0.507. The van der Waals surface area contributed by atoms with Crippen molar-refractivity contribution in [3.63, 3.8) is 0 Å². The summed E-state index contributed by atoms with van der Waals surface area (Å²) in [5, 5.41) is 10.1. The van der Waals surface area contributed by atoms with E-state index in [1.165, 1.54) is 12.8 Å². The normalized spacial score (nSPS) is 25.3. The van der Waals surface area contributed by atoms with E-state index in [4.69, 9.17) is 0 Å². The van der Waals surface area contributed by atoms with Crippen LogP contribution in [0.3, 0.4) is 0 Å². The molecule has 3 nitrogen and oxygen atoms in total. The Labute approximate surface area is 88.3 Å². The molecule has 0 amide bonds. The van der Waals surface area contributed by atoms with Gasteiger partial charge in [0.1, 0.15) is 12.5 Å². The van der Waals surface area contributed by atoms with Crippen LogP contribution in [0.15, 0.2) is 18.2 Å². The molecule has 3 rings (SSSR count). The van der Waals surface area contributed by atoms with E-state index in [0.29, 0.717) is 11.6 Å². The number of benzene rings is 1. The average Bonchev–Trinajstić information content (AvgIpc) is 3.05. The van der Waals surface area contributed by atoms with Crippen LogP contribution in [0.4, 0.5) is 0 Å². The Morgan fingerprint density at radius 2 is 2.20 bits per heavy atom. The number of carbonyl (C=O) groups excluding carboxylic acids is 1. The number of aliphatic hydroxyl groups excluding tert-OH is 1. The van der Waals surface area contributed by atoms with Crippen molar-refractivity contribution in [2.24, 2.45) is 0 Å². The molecule has 1 aliphatic carbocycles. The van der Waals surface area contributed by atoms with Gasteiger partial charge in [0.15, 0.2) is 0 Å². The number of hydrogen-bond donors (Lipinski definition) is 1. The predicted molar refractivity (Wildman–Crippen MR) is 55.4 cm³/mol. The van der Waals surface area contributed by atoms with E-state index in [2.05, 4.69) is 4.90 Å².